The molecule has 1 aliphatic rings. The largest absolute Gasteiger partial charge is 0.480 e. The number of nitrogens with one attached hydrogen (secondary N) is 1. The number of carbonyl (C=O) groups excluding carboxylic acids is 2. The van der Waals surface area contributed by atoms with E-state index in [-0.39, 0.29) is 18.3 Å². The van der Waals surface area contributed by atoms with E-state index < -0.39 is 48.8 Å². The number of rotatable bonds is 8. The molecule has 170 valence electrons. The molecule has 2 rings (SSSR count). The van der Waals surface area contributed by atoms with E-state index in [9.17, 15) is 24.9 Å². The van der Waals surface area contributed by atoms with Gasteiger partial charge in [-0.25, -0.2) is 4.99 Å². The molecule has 1 aliphatic heterocycles. The van der Waals surface area contributed by atoms with E-state index in [1.807, 2.05) is 30.3 Å². The maximum Gasteiger partial charge on any atom is 0.288 e. The molecule has 5 atom stereocenters. The summed E-state index contributed by atoms with van der Waals surface area (Å²) in [4.78, 5) is 30.2. The van der Waals surface area contributed by atoms with E-state index in [2.05, 4.69) is 10.3 Å². The van der Waals surface area contributed by atoms with Gasteiger partial charge in [0, 0.05) is 20.5 Å². The number of hydrogen-bond acceptors (Lipinski definition) is 7. The lowest BCUT2D eigenvalue weighted by molar-refractivity contribution is -0.140. The van der Waals surface area contributed by atoms with Gasteiger partial charge in [0.15, 0.2) is 11.7 Å². The molecule has 0 saturated heterocycles. The SMILES string of the molecule is CC(=O)N[C@H]1[C@H]([C@H](O)[C@H](O)CO)OC(C(=O)N(C)Cc2ccccc2)=C[C@@H]1N=C(N)N. The maximum absolute atomic E-state index is 13.0. The van der Waals surface area contributed by atoms with Crippen LogP contribution in [0.4, 0.5) is 0 Å². The highest BCUT2D eigenvalue weighted by molar-refractivity contribution is 5.91. The monoisotopic (exact) mass is 435 g/mol. The van der Waals surface area contributed by atoms with Crippen molar-refractivity contribution in [3.05, 3.63) is 47.7 Å². The lowest BCUT2D eigenvalue weighted by atomic mass is 9.92. The Morgan fingerprint density at radius 3 is 2.45 bits per heavy atom. The Hall–Kier alpha value is -3.15. The molecule has 0 radical (unpaired) electrons. The summed E-state index contributed by atoms with van der Waals surface area (Å²) in [5.74, 6) is -1.45. The zero-order chi connectivity index (χ0) is 23.1. The van der Waals surface area contributed by atoms with Gasteiger partial charge in [-0.15, -0.1) is 0 Å². The zero-order valence-electron chi connectivity index (χ0n) is 17.4. The van der Waals surface area contributed by atoms with Crippen LogP contribution in [0.1, 0.15) is 12.5 Å². The molecule has 0 spiro atoms. The van der Waals surface area contributed by atoms with Gasteiger partial charge in [-0.3, -0.25) is 9.59 Å². The van der Waals surface area contributed by atoms with Crippen molar-refractivity contribution in [3.63, 3.8) is 0 Å². The van der Waals surface area contributed by atoms with Crippen LogP contribution in [0.15, 0.2) is 47.2 Å². The maximum atomic E-state index is 13.0. The van der Waals surface area contributed by atoms with Gasteiger partial charge in [-0.05, 0) is 11.6 Å². The fraction of sp³-hybridized carbons (Fsp3) is 0.450. The highest BCUT2D eigenvalue weighted by Crippen LogP contribution is 2.26. The lowest BCUT2D eigenvalue weighted by Gasteiger charge is -2.39. The topological polar surface area (TPSA) is 184 Å². The first kappa shape index (κ1) is 24.1. The van der Waals surface area contributed by atoms with Gasteiger partial charge in [-0.1, -0.05) is 30.3 Å². The Bertz CT molecular complexity index is 827. The summed E-state index contributed by atoms with van der Waals surface area (Å²) in [6.45, 7) is 0.771. The molecule has 31 heavy (non-hydrogen) atoms. The zero-order valence-corrected chi connectivity index (χ0v) is 17.4. The number of amides is 2. The van der Waals surface area contributed by atoms with Crippen LogP contribution < -0.4 is 16.8 Å². The molecular formula is C20H29N5O6. The lowest BCUT2D eigenvalue weighted by Crippen LogP contribution is -2.60. The van der Waals surface area contributed by atoms with Gasteiger partial charge < -0.3 is 41.7 Å². The Morgan fingerprint density at radius 2 is 1.90 bits per heavy atom. The molecule has 1 aromatic carbocycles. The summed E-state index contributed by atoms with van der Waals surface area (Å²) in [7, 11) is 1.57. The minimum atomic E-state index is -1.64. The smallest absolute Gasteiger partial charge is 0.288 e. The number of nitrogens with zero attached hydrogens (tertiary/aromatic N) is 2. The first-order chi connectivity index (χ1) is 14.6. The van der Waals surface area contributed by atoms with E-state index in [0.717, 1.165) is 5.56 Å². The highest BCUT2D eigenvalue weighted by atomic mass is 16.5. The molecule has 0 saturated carbocycles. The van der Waals surface area contributed by atoms with Crippen molar-refractivity contribution in [2.45, 2.75) is 43.9 Å². The molecule has 11 nitrogen and oxygen atoms in total. The fourth-order valence-electron chi connectivity index (χ4n) is 3.25. The Labute approximate surface area is 180 Å². The first-order valence-electron chi connectivity index (χ1n) is 9.64. The van der Waals surface area contributed by atoms with Gasteiger partial charge in [0.05, 0.1) is 18.7 Å². The summed E-state index contributed by atoms with van der Waals surface area (Å²) in [5.41, 5.74) is 11.9. The van der Waals surface area contributed by atoms with Crippen LogP contribution in [0, 0.1) is 0 Å². The van der Waals surface area contributed by atoms with Crippen molar-refractivity contribution in [1.82, 2.24) is 10.2 Å². The number of guanidine groups is 1. The third kappa shape index (κ3) is 6.41. The van der Waals surface area contributed by atoms with Gasteiger partial charge in [0.2, 0.25) is 5.91 Å². The second-order valence-corrected chi connectivity index (χ2v) is 7.27. The molecule has 0 bridgehead atoms. The second kappa shape index (κ2) is 10.8. The summed E-state index contributed by atoms with van der Waals surface area (Å²) >= 11 is 0. The minimum Gasteiger partial charge on any atom is -0.480 e. The summed E-state index contributed by atoms with van der Waals surface area (Å²) < 4.78 is 5.70. The Kier molecular flexibility index (Phi) is 8.37. The van der Waals surface area contributed by atoms with E-state index in [0.29, 0.717) is 0 Å². The van der Waals surface area contributed by atoms with Crippen molar-refractivity contribution < 1.29 is 29.6 Å². The quantitative estimate of drug-likeness (QED) is 0.196. The molecule has 0 unspecified atom stereocenters. The van der Waals surface area contributed by atoms with Crippen molar-refractivity contribution in [2.24, 2.45) is 16.5 Å². The van der Waals surface area contributed by atoms with Gasteiger partial charge in [-0.2, -0.15) is 0 Å². The van der Waals surface area contributed by atoms with Crippen LogP contribution in [-0.2, 0) is 20.9 Å². The summed E-state index contributed by atoms with van der Waals surface area (Å²) in [5, 5.41) is 32.2. The number of hydrogen-bond donors (Lipinski definition) is 6. The van der Waals surface area contributed by atoms with Crippen LogP contribution in [0.3, 0.4) is 0 Å². The second-order valence-electron chi connectivity index (χ2n) is 7.27. The molecule has 2 amide bonds. The number of carbonyl (C=O) groups is 2. The van der Waals surface area contributed by atoms with Crippen LogP contribution in [0.2, 0.25) is 0 Å². The summed E-state index contributed by atoms with van der Waals surface area (Å²) in [6.07, 6.45) is -3.20. The van der Waals surface area contributed by atoms with Gasteiger partial charge in [0.25, 0.3) is 5.91 Å². The predicted molar refractivity (Wildman–Crippen MR) is 112 cm³/mol. The van der Waals surface area contributed by atoms with E-state index >= 15 is 0 Å². The molecule has 0 aromatic heterocycles. The molecule has 0 fully saturated rings. The van der Waals surface area contributed by atoms with Crippen molar-refractivity contribution >= 4 is 17.8 Å². The van der Waals surface area contributed by atoms with Gasteiger partial charge in [0.1, 0.15) is 18.3 Å². The number of benzene rings is 1. The predicted octanol–water partition coefficient (Wildman–Crippen LogP) is -2.21. The molecular weight excluding hydrogens is 406 g/mol. The van der Waals surface area contributed by atoms with Crippen molar-refractivity contribution in [2.75, 3.05) is 13.7 Å². The van der Waals surface area contributed by atoms with E-state index in [1.54, 1.807) is 7.05 Å². The molecule has 8 N–H and O–H groups in total. The first-order valence-corrected chi connectivity index (χ1v) is 9.64. The fourth-order valence-corrected chi connectivity index (χ4v) is 3.25. The van der Waals surface area contributed by atoms with Crippen molar-refractivity contribution in [3.8, 4) is 0 Å². The van der Waals surface area contributed by atoms with Gasteiger partial charge >= 0.3 is 0 Å². The number of likely N-dealkylation sites (N-methyl/N-ethyl adjacent to an activating group) is 1. The number of nitrogens with two attached hydrogens (primary N) is 2. The number of aliphatic imine (C=N–C) groups is 1. The average Bonchev–Trinajstić information content (AvgIpc) is 2.73. The Morgan fingerprint density at radius 1 is 1.26 bits per heavy atom. The summed E-state index contributed by atoms with van der Waals surface area (Å²) in [6, 6.07) is 7.31. The molecule has 1 aromatic rings. The average molecular weight is 435 g/mol. The third-order valence-corrected chi connectivity index (χ3v) is 4.71. The van der Waals surface area contributed by atoms with Crippen molar-refractivity contribution in [1.29, 1.82) is 0 Å². The minimum absolute atomic E-state index is 0.163. The van der Waals surface area contributed by atoms with E-state index in [4.69, 9.17) is 16.2 Å². The van der Waals surface area contributed by atoms with E-state index in [1.165, 1.54) is 17.9 Å². The molecule has 11 heteroatoms. The number of aliphatic hydroxyl groups is 3. The van der Waals surface area contributed by atoms with Crippen LogP contribution in [0.25, 0.3) is 0 Å². The number of ether oxygens (including phenoxy) is 1. The third-order valence-electron chi connectivity index (χ3n) is 4.71. The Balaban J connectivity index is 2.38. The highest BCUT2D eigenvalue weighted by Gasteiger charge is 2.44. The van der Waals surface area contributed by atoms with Crippen LogP contribution in [0.5, 0.6) is 0 Å². The molecule has 0 aliphatic carbocycles. The van der Waals surface area contributed by atoms with Crippen LogP contribution >= 0.6 is 0 Å². The van der Waals surface area contributed by atoms with Crippen LogP contribution in [-0.4, -0.2) is 82.0 Å². The number of aliphatic hydroxyl groups excluding tert-OH is 3. The molecule has 1 heterocycles. The standard InChI is InChI=1S/C20H29N5O6/c1-11(27)23-16-13(24-20(21)22)8-15(31-18(16)17(29)14(28)10-26)19(30)25(2)9-12-6-4-3-5-7-12/h3-8,13-14,16-18,26,28-29H,9-10H2,1-2H3,(H,23,27)(H4,21,22,24)/t13-,14+,16+,17+,18+/m0/s1. The normalized spacial score (nSPS) is 22.4.